The lowest BCUT2D eigenvalue weighted by Crippen LogP contribution is -2.25. The monoisotopic (exact) mass is 388 g/mol. The Bertz CT molecular complexity index is 1020. The van der Waals surface area contributed by atoms with E-state index in [1.807, 2.05) is 0 Å². The lowest BCUT2D eigenvalue weighted by Gasteiger charge is -2.09. The van der Waals surface area contributed by atoms with Gasteiger partial charge in [0.1, 0.15) is 11.6 Å². The van der Waals surface area contributed by atoms with Crippen LogP contribution in [0.1, 0.15) is 21.7 Å². The van der Waals surface area contributed by atoms with Crippen LogP contribution in [-0.2, 0) is 23.1 Å². The van der Waals surface area contributed by atoms with E-state index >= 15 is 0 Å². The molecule has 0 aliphatic heterocycles. The van der Waals surface area contributed by atoms with Crippen molar-refractivity contribution in [3.05, 3.63) is 89.6 Å². The van der Waals surface area contributed by atoms with Gasteiger partial charge in [-0.15, -0.1) is 0 Å². The molecule has 0 bridgehead atoms. The second-order valence-electron chi connectivity index (χ2n) is 5.74. The van der Waals surface area contributed by atoms with E-state index in [0.717, 1.165) is 5.56 Å². The number of nitrogens with one attached hydrogen (secondary N) is 2. The number of hydrogen-bond donors (Lipinski definition) is 2. The number of benzene rings is 2. The van der Waals surface area contributed by atoms with Crippen molar-refractivity contribution in [1.82, 2.24) is 10.0 Å². The number of amides is 1. The maximum absolute atomic E-state index is 12.9. The minimum absolute atomic E-state index is 0.0102. The van der Waals surface area contributed by atoms with E-state index in [9.17, 15) is 17.6 Å². The van der Waals surface area contributed by atoms with Gasteiger partial charge in [0.05, 0.1) is 17.7 Å². The third kappa shape index (κ3) is 5.02. The van der Waals surface area contributed by atoms with E-state index < -0.39 is 15.9 Å². The fourth-order valence-corrected chi connectivity index (χ4v) is 3.39. The van der Waals surface area contributed by atoms with Gasteiger partial charge in [0.2, 0.25) is 10.0 Å². The Morgan fingerprint density at radius 2 is 1.78 bits per heavy atom. The van der Waals surface area contributed by atoms with E-state index in [1.165, 1.54) is 42.7 Å². The van der Waals surface area contributed by atoms with Gasteiger partial charge in [-0.3, -0.25) is 4.79 Å². The van der Waals surface area contributed by atoms with Crippen molar-refractivity contribution in [2.75, 3.05) is 0 Å². The number of halogens is 1. The predicted octanol–water partition coefficient (Wildman–Crippen LogP) is 2.83. The van der Waals surface area contributed by atoms with E-state index in [1.54, 1.807) is 24.3 Å². The highest BCUT2D eigenvalue weighted by atomic mass is 32.2. The second kappa shape index (κ2) is 8.15. The van der Waals surface area contributed by atoms with Crippen molar-refractivity contribution in [2.45, 2.75) is 18.0 Å². The second-order valence-corrected chi connectivity index (χ2v) is 7.51. The largest absolute Gasteiger partial charge is 0.468 e. The number of carbonyl (C=O) groups excluding carboxylic acids is 1. The predicted molar refractivity (Wildman–Crippen MR) is 96.7 cm³/mol. The first kappa shape index (κ1) is 18.8. The van der Waals surface area contributed by atoms with E-state index in [-0.39, 0.29) is 29.4 Å². The van der Waals surface area contributed by atoms with Crippen molar-refractivity contribution in [3.8, 4) is 0 Å². The number of carbonyl (C=O) groups is 1. The molecule has 0 saturated heterocycles. The van der Waals surface area contributed by atoms with Gasteiger partial charge >= 0.3 is 0 Å². The molecule has 0 spiro atoms. The van der Waals surface area contributed by atoms with Gasteiger partial charge in [0, 0.05) is 12.1 Å². The van der Waals surface area contributed by atoms with Crippen molar-refractivity contribution in [2.24, 2.45) is 0 Å². The summed E-state index contributed by atoms with van der Waals surface area (Å²) >= 11 is 0. The Labute approximate surface area is 156 Å². The fourth-order valence-electron chi connectivity index (χ4n) is 2.35. The minimum Gasteiger partial charge on any atom is -0.468 e. The van der Waals surface area contributed by atoms with Gasteiger partial charge in [0.15, 0.2) is 0 Å². The van der Waals surface area contributed by atoms with Crippen LogP contribution in [0.3, 0.4) is 0 Å². The molecule has 0 unspecified atom stereocenters. The van der Waals surface area contributed by atoms with Crippen molar-refractivity contribution in [1.29, 1.82) is 0 Å². The molecule has 0 aliphatic carbocycles. The third-order valence-electron chi connectivity index (χ3n) is 3.79. The molecule has 0 radical (unpaired) electrons. The summed E-state index contributed by atoms with van der Waals surface area (Å²) < 4.78 is 45.2. The average molecular weight is 388 g/mol. The average Bonchev–Trinajstić information content (AvgIpc) is 3.20. The van der Waals surface area contributed by atoms with Gasteiger partial charge in [-0.25, -0.2) is 17.5 Å². The number of sulfonamides is 1. The van der Waals surface area contributed by atoms with E-state index in [4.69, 9.17) is 4.42 Å². The molecule has 2 aromatic carbocycles. The zero-order valence-electron chi connectivity index (χ0n) is 14.2. The summed E-state index contributed by atoms with van der Waals surface area (Å²) in [5.41, 5.74) is 0.937. The third-order valence-corrected chi connectivity index (χ3v) is 5.19. The molecule has 1 aromatic heterocycles. The summed E-state index contributed by atoms with van der Waals surface area (Å²) in [6.07, 6.45) is 1.45. The summed E-state index contributed by atoms with van der Waals surface area (Å²) in [5.74, 6) is -0.306. The quantitative estimate of drug-likeness (QED) is 0.651. The summed E-state index contributed by atoms with van der Waals surface area (Å²) in [5, 5.41) is 2.68. The summed E-state index contributed by atoms with van der Waals surface area (Å²) in [6, 6.07) is 14.8. The first-order valence-corrected chi connectivity index (χ1v) is 9.57. The first-order valence-electron chi connectivity index (χ1n) is 8.09. The molecule has 3 aromatic rings. The lowest BCUT2D eigenvalue weighted by molar-refractivity contribution is 0.0950. The van der Waals surface area contributed by atoms with Gasteiger partial charge in [0.25, 0.3) is 5.91 Å². The molecule has 0 aliphatic rings. The molecule has 3 rings (SSSR count). The smallest absolute Gasteiger partial charge is 0.251 e. The fraction of sp³-hybridized carbons (Fsp3) is 0.105. The highest BCUT2D eigenvalue weighted by Gasteiger charge is 2.16. The Morgan fingerprint density at radius 3 is 2.48 bits per heavy atom. The van der Waals surface area contributed by atoms with Crippen LogP contribution in [-0.4, -0.2) is 14.3 Å². The molecule has 140 valence electrons. The summed E-state index contributed by atoms with van der Waals surface area (Å²) in [6.45, 7) is 0.211. The molecule has 0 atom stereocenters. The highest BCUT2D eigenvalue weighted by Crippen LogP contribution is 2.13. The molecule has 1 heterocycles. The first-order chi connectivity index (χ1) is 12.9. The van der Waals surface area contributed by atoms with Crippen molar-refractivity contribution in [3.63, 3.8) is 0 Å². The Kier molecular flexibility index (Phi) is 5.68. The van der Waals surface area contributed by atoms with Crippen LogP contribution >= 0.6 is 0 Å². The van der Waals surface area contributed by atoms with Crippen LogP contribution in [0.15, 0.2) is 76.2 Å². The highest BCUT2D eigenvalue weighted by molar-refractivity contribution is 7.89. The zero-order chi connectivity index (χ0) is 19.3. The maximum atomic E-state index is 12.9. The van der Waals surface area contributed by atoms with Crippen molar-refractivity contribution < 1.29 is 22.0 Å². The summed E-state index contributed by atoms with van der Waals surface area (Å²) in [7, 11) is -3.80. The van der Waals surface area contributed by atoms with Crippen molar-refractivity contribution >= 4 is 15.9 Å². The molecule has 27 heavy (non-hydrogen) atoms. The molecule has 6 nitrogen and oxygen atoms in total. The zero-order valence-corrected chi connectivity index (χ0v) is 15.0. The standard InChI is InChI=1S/C19H17FN2O4S/c20-16-8-6-14(7-9-16)12-21-19(23)15-3-1-5-18(11-15)27(24,25)22-13-17-4-2-10-26-17/h1-11,22H,12-13H2,(H,21,23). The SMILES string of the molecule is O=C(NCc1ccc(F)cc1)c1cccc(S(=O)(=O)NCc2ccco2)c1. The molecule has 8 heteroatoms. The Balaban J connectivity index is 1.66. The van der Waals surface area contributed by atoms with Gasteiger partial charge in [-0.2, -0.15) is 0 Å². The van der Waals surface area contributed by atoms with Gasteiger partial charge in [-0.1, -0.05) is 18.2 Å². The molecule has 0 saturated carbocycles. The topological polar surface area (TPSA) is 88.4 Å². The van der Waals surface area contributed by atoms with Crippen LogP contribution in [0.4, 0.5) is 4.39 Å². The number of hydrogen-bond acceptors (Lipinski definition) is 4. The van der Waals surface area contributed by atoms with Crippen LogP contribution < -0.4 is 10.0 Å². The Morgan fingerprint density at radius 1 is 1.00 bits per heavy atom. The summed E-state index contributed by atoms with van der Waals surface area (Å²) in [4.78, 5) is 12.3. The van der Waals surface area contributed by atoms with Gasteiger partial charge in [-0.05, 0) is 48.0 Å². The molecule has 1 amide bonds. The number of rotatable bonds is 7. The maximum Gasteiger partial charge on any atom is 0.251 e. The lowest BCUT2D eigenvalue weighted by atomic mass is 10.2. The van der Waals surface area contributed by atoms with Crippen LogP contribution in [0.5, 0.6) is 0 Å². The Hall–Kier alpha value is -2.97. The molecular formula is C19H17FN2O4S. The molecule has 2 N–H and O–H groups in total. The van der Waals surface area contributed by atoms with Crippen LogP contribution in [0, 0.1) is 5.82 Å². The number of furan rings is 1. The molecular weight excluding hydrogens is 371 g/mol. The normalized spacial score (nSPS) is 11.3. The van der Waals surface area contributed by atoms with E-state index in [0.29, 0.717) is 5.76 Å². The van der Waals surface area contributed by atoms with E-state index in [2.05, 4.69) is 10.0 Å². The molecule has 0 fully saturated rings. The minimum atomic E-state index is -3.80. The van der Waals surface area contributed by atoms with Crippen LogP contribution in [0.2, 0.25) is 0 Å². The van der Waals surface area contributed by atoms with Gasteiger partial charge < -0.3 is 9.73 Å². The van der Waals surface area contributed by atoms with Crippen LogP contribution in [0.25, 0.3) is 0 Å².